The summed E-state index contributed by atoms with van der Waals surface area (Å²) in [5.41, 5.74) is 33.0. The van der Waals surface area contributed by atoms with Gasteiger partial charge in [-0.3, -0.25) is 0 Å². The first-order valence-corrected chi connectivity index (χ1v) is 25.3. The van der Waals surface area contributed by atoms with Crippen molar-refractivity contribution >= 4 is 234 Å². The Balaban J connectivity index is 1.14. The van der Waals surface area contributed by atoms with Crippen LogP contribution in [-0.2, 0) is 0 Å². The molecule has 0 saturated heterocycles. The average molecular weight is 894 g/mol. The van der Waals surface area contributed by atoms with Gasteiger partial charge in [-0.15, -0.1) is 16.4 Å². The summed E-state index contributed by atoms with van der Waals surface area (Å²) in [5, 5.41) is 7.04. The van der Waals surface area contributed by atoms with Crippen LogP contribution in [0.25, 0.3) is 88.0 Å². The molecule has 0 spiro atoms. The molecule has 10 aromatic carbocycles. The van der Waals surface area contributed by atoms with Gasteiger partial charge < -0.3 is 9.32 Å². The maximum Gasteiger partial charge on any atom is 0.143 e. The summed E-state index contributed by atoms with van der Waals surface area (Å²) in [5.74, 6) is 0. The van der Waals surface area contributed by atoms with Gasteiger partial charge >= 0.3 is 0 Å². The zero-order chi connectivity index (χ0) is 49.7. The van der Waals surface area contributed by atoms with Crippen LogP contribution in [0.15, 0.2) is 150 Å². The van der Waals surface area contributed by atoms with Crippen molar-refractivity contribution in [2.24, 2.45) is 0 Å². The highest BCUT2D eigenvalue weighted by Crippen LogP contribution is 2.45. The molecule has 0 bridgehead atoms. The van der Waals surface area contributed by atoms with E-state index in [4.69, 9.17) is 4.42 Å². The summed E-state index contributed by atoms with van der Waals surface area (Å²) in [6.07, 6.45) is 0. The molecule has 11 aromatic rings. The van der Waals surface area contributed by atoms with E-state index in [0.29, 0.717) is 0 Å². The molecule has 0 fully saturated rings. The Bertz CT molecular complexity index is 3970. The third kappa shape index (κ3) is 7.28. The van der Waals surface area contributed by atoms with Gasteiger partial charge in [0.05, 0.1) is 5.69 Å². The summed E-state index contributed by atoms with van der Waals surface area (Å²) in [4.78, 5) is 2.54. The Kier molecular flexibility index (Phi) is 11.7. The lowest BCUT2D eigenvalue weighted by Gasteiger charge is -2.35. The molecule has 0 aliphatic rings. The maximum absolute atomic E-state index is 6.79. The number of rotatable bonds is 7. The molecule has 0 unspecified atom stereocenters. The van der Waals surface area contributed by atoms with Gasteiger partial charge in [0.1, 0.15) is 113 Å². The minimum atomic E-state index is 0.888. The van der Waals surface area contributed by atoms with Gasteiger partial charge in [0.25, 0.3) is 0 Å². The summed E-state index contributed by atoms with van der Waals surface area (Å²) in [6, 6.07) is 53.1. The van der Waals surface area contributed by atoms with Gasteiger partial charge in [0.15, 0.2) is 0 Å². The quantitative estimate of drug-likeness (QED) is 0.148. The molecule has 11 rings (SSSR count). The van der Waals surface area contributed by atoms with Crippen LogP contribution in [0.3, 0.4) is 0 Å². The van der Waals surface area contributed by atoms with Crippen molar-refractivity contribution in [2.75, 3.05) is 4.90 Å². The first-order chi connectivity index (χ1) is 34.2. The third-order valence-electron chi connectivity index (χ3n) is 17.0. The SMILES string of the molecule is Bc1c(B)c(B)c(-c2c(B)c(B)c(-c3c(B)c(B)c(N(c4ccc(-c5ccc6ccccc6c5)cc4)c4ccccc4-c4cccc5oc6c7ccccc7ccc6c45)c(B)c3B)c(B)c2B)c(B)c1B. The largest absolute Gasteiger partial charge is 0.455 e. The molecule has 0 N–H and O–H groups in total. The zero-order valence-electron chi connectivity index (χ0n) is 43.7. The number of hydrogen-bond acceptors (Lipinski definition) is 2. The lowest BCUT2D eigenvalue weighted by atomic mass is 9.55. The lowest BCUT2D eigenvalue weighted by Crippen LogP contribution is -2.57. The molecule has 71 heavy (non-hydrogen) atoms. The van der Waals surface area contributed by atoms with Crippen LogP contribution in [0, 0.1) is 0 Å². The van der Waals surface area contributed by atoms with E-state index in [1.54, 1.807) is 0 Å². The van der Waals surface area contributed by atoms with E-state index in [0.717, 1.165) is 49.8 Å². The van der Waals surface area contributed by atoms with Crippen molar-refractivity contribution in [3.63, 3.8) is 0 Å². The Hall–Kier alpha value is -6.84. The summed E-state index contributed by atoms with van der Waals surface area (Å²) in [6.45, 7) is 0. The molecule has 324 valence electrons. The molecule has 0 radical (unpaired) electrons. The van der Waals surface area contributed by atoms with Crippen LogP contribution in [0.5, 0.6) is 0 Å². The second kappa shape index (κ2) is 17.8. The Labute approximate surface area is 430 Å². The van der Waals surface area contributed by atoms with E-state index in [2.05, 4.69) is 252 Å². The summed E-state index contributed by atoms with van der Waals surface area (Å²) >= 11 is 0. The van der Waals surface area contributed by atoms with Gasteiger partial charge in [0, 0.05) is 33.1 Å². The van der Waals surface area contributed by atoms with E-state index < -0.39 is 0 Å². The summed E-state index contributed by atoms with van der Waals surface area (Å²) < 4.78 is 6.79. The minimum Gasteiger partial charge on any atom is -0.455 e. The zero-order valence-corrected chi connectivity index (χ0v) is 43.7. The number of hydrogen-bond donors (Lipinski definition) is 0. The number of fused-ring (bicyclic) bond motifs is 6. The van der Waals surface area contributed by atoms with Gasteiger partial charge in [-0.1, -0.05) is 164 Å². The topological polar surface area (TPSA) is 16.4 Å². The number of nitrogens with zero attached hydrogens (tertiary/aromatic N) is 1. The van der Waals surface area contributed by atoms with Gasteiger partial charge in [-0.05, 0) is 91.5 Å². The van der Waals surface area contributed by atoms with E-state index in [1.165, 1.54) is 126 Å². The van der Waals surface area contributed by atoms with E-state index in [1.807, 2.05) is 0 Å². The number of furan rings is 1. The minimum absolute atomic E-state index is 0.888. The second-order valence-corrected chi connectivity index (χ2v) is 20.4. The molecule has 0 saturated carbocycles. The molecule has 1 aromatic heterocycles. The second-order valence-electron chi connectivity index (χ2n) is 20.4. The molecule has 0 amide bonds. The van der Waals surface area contributed by atoms with Crippen LogP contribution < -0.4 is 75.9 Å². The Morgan fingerprint density at radius 1 is 0.324 bits per heavy atom. The monoisotopic (exact) mass is 896 g/mol. The van der Waals surface area contributed by atoms with E-state index in [-0.39, 0.29) is 0 Å². The van der Waals surface area contributed by atoms with E-state index >= 15 is 0 Å². The van der Waals surface area contributed by atoms with Crippen LogP contribution >= 0.6 is 0 Å². The molecular weight excluding hydrogens is 843 g/mol. The lowest BCUT2D eigenvalue weighted by molar-refractivity contribution is 0.673. The Morgan fingerprint density at radius 2 is 0.789 bits per heavy atom. The molecule has 0 aliphatic carbocycles. The molecular formula is C56H50B13NO. The van der Waals surface area contributed by atoms with Crippen LogP contribution in [0.2, 0.25) is 0 Å². The van der Waals surface area contributed by atoms with Crippen molar-refractivity contribution in [3.05, 3.63) is 146 Å². The first-order valence-electron chi connectivity index (χ1n) is 25.3. The molecule has 2 nitrogen and oxygen atoms in total. The number of para-hydroxylation sites is 1. The van der Waals surface area contributed by atoms with Gasteiger partial charge in [-0.2, -0.15) is 0 Å². The number of anilines is 3. The third-order valence-corrected chi connectivity index (χ3v) is 17.0. The van der Waals surface area contributed by atoms with Crippen molar-refractivity contribution in [2.45, 2.75) is 0 Å². The predicted molar refractivity (Wildman–Crippen MR) is 351 cm³/mol. The Morgan fingerprint density at radius 3 is 1.41 bits per heavy atom. The van der Waals surface area contributed by atoms with Gasteiger partial charge in [0.2, 0.25) is 0 Å². The predicted octanol–water partition coefficient (Wildman–Crippen LogP) is -6.61. The van der Waals surface area contributed by atoms with Crippen molar-refractivity contribution in [1.29, 1.82) is 0 Å². The molecule has 0 atom stereocenters. The van der Waals surface area contributed by atoms with Crippen molar-refractivity contribution in [3.8, 4) is 44.5 Å². The number of benzene rings is 10. The fourth-order valence-corrected chi connectivity index (χ4v) is 12.2. The smallest absolute Gasteiger partial charge is 0.143 e. The molecule has 0 aliphatic heterocycles. The highest BCUT2D eigenvalue weighted by Gasteiger charge is 2.28. The van der Waals surface area contributed by atoms with Crippen LogP contribution in [0.4, 0.5) is 17.1 Å². The normalized spacial score (nSPS) is 11.5. The van der Waals surface area contributed by atoms with E-state index in [9.17, 15) is 0 Å². The average Bonchev–Trinajstić information content (AvgIpc) is 3.79. The van der Waals surface area contributed by atoms with Gasteiger partial charge in [-0.25, -0.2) is 0 Å². The highest BCUT2D eigenvalue weighted by atomic mass is 16.3. The summed E-state index contributed by atoms with van der Waals surface area (Å²) in [7, 11) is 30.3. The van der Waals surface area contributed by atoms with Crippen molar-refractivity contribution < 1.29 is 4.42 Å². The fraction of sp³-hybridized carbons (Fsp3) is 0. The molecule has 1 heterocycles. The first kappa shape index (κ1) is 46.5. The van der Waals surface area contributed by atoms with Crippen molar-refractivity contribution in [1.82, 2.24) is 0 Å². The molecule has 15 heteroatoms. The maximum atomic E-state index is 6.79. The van der Waals surface area contributed by atoms with Crippen LogP contribution in [-0.4, -0.2) is 102 Å². The van der Waals surface area contributed by atoms with Crippen LogP contribution in [0.1, 0.15) is 0 Å². The highest BCUT2D eigenvalue weighted by molar-refractivity contribution is 6.72. The fourth-order valence-electron chi connectivity index (χ4n) is 12.2. The standard InChI is InChI=1S/C56H50B13NO/c57-42-38(40-46(61)50(65)52(67)51(66)47(40)62)43(58)45(60)39(44(42)59)41-48(63)53(68)55(54(69)49(41)64)70(30-21-18-26(19-22-30)29-17-16-25-8-1-2-10-28(25)24-29)35-14-6-5-12-32(35)33-13-7-15-36-37(33)34-23-20-27-9-3-4-11-31(27)56(34)71-36/h1-24H,57-69H2.